The fraction of sp³-hybridized carbons (Fsp3) is 0.185. The summed E-state index contributed by atoms with van der Waals surface area (Å²) in [6, 6.07) is 18.0. The molecule has 0 saturated carbocycles. The van der Waals surface area contributed by atoms with Crippen molar-refractivity contribution in [3.8, 4) is 22.9 Å². The zero-order valence-corrected chi connectivity index (χ0v) is 18.9. The molecule has 0 N–H and O–H groups in total. The van der Waals surface area contributed by atoms with E-state index in [0.717, 1.165) is 17.1 Å². The summed E-state index contributed by atoms with van der Waals surface area (Å²) < 4.78 is 35.9. The molecule has 0 fully saturated rings. The first-order chi connectivity index (χ1) is 16.4. The second-order valence-electron chi connectivity index (χ2n) is 7.83. The van der Waals surface area contributed by atoms with Crippen molar-refractivity contribution >= 4 is 17.0 Å². The van der Waals surface area contributed by atoms with Gasteiger partial charge in [0.15, 0.2) is 0 Å². The summed E-state index contributed by atoms with van der Waals surface area (Å²) in [7, 11) is 0. The molecule has 172 valence electrons. The Kier molecular flexibility index (Phi) is 6.60. The summed E-state index contributed by atoms with van der Waals surface area (Å²) in [4.78, 5) is 14.2. The zero-order chi connectivity index (χ0) is 24.2. The number of halogens is 2. The highest BCUT2D eigenvalue weighted by molar-refractivity contribution is 5.99. The van der Waals surface area contributed by atoms with Gasteiger partial charge in [0.2, 0.25) is 0 Å². The molecule has 0 radical (unpaired) electrons. The van der Waals surface area contributed by atoms with Crippen LogP contribution in [0, 0.1) is 23.0 Å². The van der Waals surface area contributed by atoms with E-state index in [0.29, 0.717) is 36.1 Å². The first kappa shape index (κ1) is 23.0. The van der Waals surface area contributed by atoms with Gasteiger partial charge in [-0.15, -0.1) is 0 Å². The molecule has 0 aliphatic heterocycles. The van der Waals surface area contributed by atoms with Gasteiger partial charge in [-0.05, 0) is 67.4 Å². The van der Waals surface area contributed by atoms with E-state index in [4.69, 9.17) is 4.74 Å². The van der Waals surface area contributed by atoms with Crippen LogP contribution in [-0.2, 0) is 6.54 Å². The predicted molar refractivity (Wildman–Crippen MR) is 126 cm³/mol. The first-order valence-corrected chi connectivity index (χ1v) is 11.0. The minimum Gasteiger partial charge on any atom is -0.410 e. The molecule has 0 bridgehead atoms. The minimum atomic E-state index is -0.722. The maximum atomic E-state index is 14.1. The average Bonchev–Trinajstić information content (AvgIpc) is 3.21. The lowest BCUT2D eigenvalue weighted by Crippen LogP contribution is -2.33. The third kappa shape index (κ3) is 4.62. The van der Waals surface area contributed by atoms with Crippen LogP contribution in [-0.4, -0.2) is 28.6 Å². The van der Waals surface area contributed by atoms with Gasteiger partial charge in [0.1, 0.15) is 17.4 Å². The summed E-state index contributed by atoms with van der Waals surface area (Å²) in [6.07, 6.45) is 1.33. The number of nitrogens with zero attached hydrogens (tertiary/aromatic N) is 3. The predicted octanol–water partition coefficient (Wildman–Crippen LogP) is 6.35. The fourth-order valence-electron chi connectivity index (χ4n) is 4.05. The van der Waals surface area contributed by atoms with Crippen molar-refractivity contribution < 1.29 is 18.3 Å². The highest BCUT2D eigenvalue weighted by Crippen LogP contribution is 2.39. The van der Waals surface area contributed by atoms with Gasteiger partial charge in [0, 0.05) is 48.4 Å². The van der Waals surface area contributed by atoms with E-state index < -0.39 is 17.7 Å². The van der Waals surface area contributed by atoms with E-state index in [2.05, 4.69) is 6.07 Å². The summed E-state index contributed by atoms with van der Waals surface area (Å²) in [6.45, 7) is 5.13. The van der Waals surface area contributed by atoms with Crippen molar-refractivity contribution in [1.82, 2.24) is 9.47 Å². The van der Waals surface area contributed by atoms with Crippen molar-refractivity contribution in [2.75, 3.05) is 13.1 Å². The smallest absolute Gasteiger partial charge is 0.410 e. The Bertz CT molecular complexity index is 1380. The second kappa shape index (κ2) is 9.75. The van der Waals surface area contributed by atoms with E-state index in [9.17, 15) is 18.8 Å². The number of hydrogen-bond donors (Lipinski definition) is 0. The number of fused-ring (bicyclic) bond motifs is 1. The average molecular weight is 459 g/mol. The Balaban J connectivity index is 1.84. The largest absolute Gasteiger partial charge is 0.415 e. The molecule has 0 spiro atoms. The molecule has 5 nitrogen and oxygen atoms in total. The number of aromatic nitrogens is 1. The molecule has 7 heteroatoms. The van der Waals surface area contributed by atoms with Crippen molar-refractivity contribution in [1.29, 1.82) is 5.26 Å². The summed E-state index contributed by atoms with van der Waals surface area (Å²) in [5.41, 5.74) is 3.00. The highest BCUT2D eigenvalue weighted by Gasteiger charge is 2.20. The number of rotatable bonds is 6. The van der Waals surface area contributed by atoms with Crippen molar-refractivity contribution in [2.24, 2.45) is 0 Å². The maximum Gasteiger partial charge on any atom is 0.415 e. The molecule has 0 aliphatic carbocycles. The molecule has 1 aromatic heterocycles. The summed E-state index contributed by atoms with van der Waals surface area (Å²) in [5, 5.41) is 9.87. The summed E-state index contributed by atoms with van der Waals surface area (Å²) in [5.74, 6) is -1.22. The molecule has 0 aliphatic rings. The Labute approximate surface area is 196 Å². The molecular weight excluding hydrogens is 436 g/mol. The van der Waals surface area contributed by atoms with Gasteiger partial charge in [-0.1, -0.05) is 12.1 Å². The van der Waals surface area contributed by atoms with Gasteiger partial charge < -0.3 is 14.2 Å². The van der Waals surface area contributed by atoms with Gasteiger partial charge >= 0.3 is 6.09 Å². The van der Waals surface area contributed by atoms with E-state index in [1.807, 2.05) is 54.9 Å². The van der Waals surface area contributed by atoms with Crippen LogP contribution in [0.25, 0.3) is 22.0 Å². The monoisotopic (exact) mass is 459 g/mol. The van der Waals surface area contributed by atoms with Crippen LogP contribution in [0.5, 0.6) is 5.75 Å². The van der Waals surface area contributed by atoms with E-state index in [1.54, 1.807) is 12.1 Å². The SMILES string of the molecule is CCN(CC)C(=O)Oc1ccc2c(ccn2Cc2cccc(C#N)c2)c1-c1cc(F)cc(F)c1. The van der Waals surface area contributed by atoms with Gasteiger partial charge in [0.05, 0.1) is 11.6 Å². The minimum absolute atomic E-state index is 0.221. The lowest BCUT2D eigenvalue weighted by Gasteiger charge is -2.20. The molecule has 4 rings (SSSR count). The number of hydrogen-bond acceptors (Lipinski definition) is 3. The Morgan fingerprint density at radius 3 is 2.44 bits per heavy atom. The highest BCUT2D eigenvalue weighted by atomic mass is 19.1. The van der Waals surface area contributed by atoms with Crippen molar-refractivity contribution in [2.45, 2.75) is 20.4 Å². The van der Waals surface area contributed by atoms with Crippen LogP contribution < -0.4 is 4.74 Å². The van der Waals surface area contributed by atoms with Crippen LogP contribution in [0.4, 0.5) is 13.6 Å². The molecule has 1 amide bonds. The number of ether oxygens (including phenoxy) is 1. The molecular formula is C27H23F2N3O2. The second-order valence-corrected chi connectivity index (χ2v) is 7.83. The van der Waals surface area contributed by atoms with Crippen LogP contribution in [0.1, 0.15) is 25.0 Å². The van der Waals surface area contributed by atoms with Gasteiger partial charge in [-0.3, -0.25) is 0 Å². The number of nitriles is 1. The third-order valence-corrected chi connectivity index (χ3v) is 5.69. The molecule has 0 saturated heterocycles. The molecule has 34 heavy (non-hydrogen) atoms. The van der Waals surface area contributed by atoms with E-state index in [-0.39, 0.29) is 11.3 Å². The Morgan fingerprint density at radius 1 is 1.03 bits per heavy atom. The zero-order valence-electron chi connectivity index (χ0n) is 18.9. The molecule has 4 aromatic rings. The molecule has 0 atom stereocenters. The number of carbonyl (C=O) groups excluding carboxylic acids is 1. The van der Waals surface area contributed by atoms with E-state index in [1.165, 1.54) is 17.0 Å². The van der Waals surface area contributed by atoms with Crippen molar-refractivity contribution in [3.05, 3.63) is 89.6 Å². The lowest BCUT2D eigenvalue weighted by atomic mass is 10.00. The number of amides is 1. The van der Waals surface area contributed by atoms with Crippen LogP contribution in [0.2, 0.25) is 0 Å². The fourth-order valence-corrected chi connectivity index (χ4v) is 4.05. The van der Waals surface area contributed by atoms with Gasteiger partial charge in [-0.2, -0.15) is 5.26 Å². The van der Waals surface area contributed by atoms with Crippen LogP contribution >= 0.6 is 0 Å². The number of carbonyl (C=O) groups is 1. The molecule has 1 heterocycles. The maximum absolute atomic E-state index is 14.1. The normalized spacial score (nSPS) is 10.8. The van der Waals surface area contributed by atoms with Crippen molar-refractivity contribution in [3.63, 3.8) is 0 Å². The van der Waals surface area contributed by atoms with Crippen LogP contribution in [0.3, 0.4) is 0 Å². The van der Waals surface area contributed by atoms with Crippen LogP contribution in [0.15, 0.2) is 66.9 Å². The molecule has 3 aromatic carbocycles. The van der Waals surface area contributed by atoms with Gasteiger partial charge in [-0.25, -0.2) is 13.6 Å². The summed E-state index contributed by atoms with van der Waals surface area (Å²) >= 11 is 0. The topological polar surface area (TPSA) is 58.3 Å². The third-order valence-electron chi connectivity index (χ3n) is 5.69. The number of benzene rings is 3. The standard InChI is InChI=1S/C27H23F2N3O2/c1-3-31(4-2)27(33)34-25-9-8-24-23(26(25)20-13-21(28)15-22(29)14-20)10-11-32(24)17-19-7-5-6-18(12-19)16-30/h5-15H,3-4,17H2,1-2H3. The van der Waals surface area contributed by atoms with Gasteiger partial charge in [0.25, 0.3) is 0 Å². The quantitative estimate of drug-likeness (QED) is 0.338. The Hall–Kier alpha value is -4.18. The Morgan fingerprint density at radius 2 is 1.76 bits per heavy atom. The molecule has 0 unspecified atom stereocenters. The van der Waals surface area contributed by atoms with E-state index >= 15 is 0 Å². The first-order valence-electron chi connectivity index (χ1n) is 11.0. The lowest BCUT2D eigenvalue weighted by molar-refractivity contribution is 0.157.